The standard InChI is InChI=1S/C17H23N5O/c1-11-9-18-7-6-15(11)20-17(23)14-4-5-16(19-10-14)22-13(3)8-12(2)21-22/h4-5,8,10-11,15,18H,6-7,9H2,1-3H3,(H,20,23). The van der Waals surface area contributed by atoms with E-state index < -0.39 is 0 Å². The Bertz CT molecular complexity index is 692. The van der Waals surface area contributed by atoms with Crippen LogP contribution in [0, 0.1) is 19.8 Å². The van der Waals surface area contributed by atoms with Gasteiger partial charge in [-0.05, 0) is 57.5 Å². The summed E-state index contributed by atoms with van der Waals surface area (Å²) in [6.45, 7) is 7.98. The summed E-state index contributed by atoms with van der Waals surface area (Å²) in [6, 6.07) is 5.86. The van der Waals surface area contributed by atoms with Crippen LogP contribution >= 0.6 is 0 Å². The highest BCUT2D eigenvalue weighted by Crippen LogP contribution is 2.13. The van der Waals surface area contributed by atoms with Gasteiger partial charge in [-0.1, -0.05) is 6.92 Å². The minimum absolute atomic E-state index is 0.0591. The number of nitrogens with one attached hydrogen (secondary N) is 2. The fourth-order valence-electron chi connectivity index (χ4n) is 2.99. The monoisotopic (exact) mass is 313 g/mol. The Morgan fingerprint density at radius 3 is 2.83 bits per heavy atom. The SMILES string of the molecule is Cc1cc(C)n(-c2ccc(C(=O)NC3CCNCC3C)cn2)n1. The molecule has 2 aromatic rings. The van der Waals surface area contributed by atoms with Crippen molar-refractivity contribution in [3.05, 3.63) is 41.3 Å². The van der Waals surface area contributed by atoms with Gasteiger partial charge in [-0.3, -0.25) is 4.79 Å². The number of amides is 1. The second kappa shape index (κ2) is 6.50. The summed E-state index contributed by atoms with van der Waals surface area (Å²) in [5, 5.41) is 10.9. The van der Waals surface area contributed by atoms with Gasteiger partial charge in [-0.25, -0.2) is 9.67 Å². The maximum atomic E-state index is 12.4. The molecule has 1 aliphatic heterocycles. The summed E-state index contributed by atoms with van der Waals surface area (Å²) in [5.74, 6) is 1.10. The van der Waals surface area contributed by atoms with Crippen molar-refractivity contribution in [3.63, 3.8) is 0 Å². The third-order valence-corrected chi connectivity index (χ3v) is 4.34. The number of aryl methyl sites for hydroxylation is 2. The lowest BCUT2D eigenvalue weighted by atomic mass is 9.95. The molecule has 1 saturated heterocycles. The van der Waals surface area contributed by atoms with Gasteiger partial charge < -0.3 is 10.6 Å². The molecule has 0 radical (unpaired) electrons. The van der Waals surface area contributed by atoms with E-state index in [1.54, 1.807) is 16.9 Å². The molecule has 0 saturated carbocycles. The van der Waals surface area contributed by atoms with E-state index in [2.05, 4.69) is 27.6 Å². The molecule has 1 amide bonds. The van der Waals surface area contributed by atoms with Gasteiger partial charge in [0.2, 0.25) is 0 Å². The summed E-state index contributed by atoms with van der Waals surface area (Å²) >= 11 is 0. The van der Waals surface area contributed by atoms with Crippen LogP contribution < -0.4 is 10.6 Å². The van der Waals surface area contributed by atoms with Gasteiger partial charge in [0, 0.05) is 17.9 Å². The maximum Gasteiger partial charge on any atom is 0.253 e. The zero-order valence-electron chi connectivity index (χ0n) is 13.8. The first kappa shape index (κ1) is 15.7. The minimum Gasteiger partial charge on any atom is -0.349 e. The molecule has 6 heteroatoms. The smallest absolute Gasteiger partial charge is 0.253 e. The third kappa shape index (κ3) is 3.42. The Kier molecular flexibility index (Phi) is 4.43. The van der Waals surface area contributed by atoms with Gasteiger partial charge in [0.15, 0.2) is 5.82 Å². The summed E-state index contributed by atoms with van der Waals surface area (Å²) in [6.07, 6.45) is 2.58. The number of rotatable bonds is 3. The van der Waals surface area contributed by atoms with Crippen LogP contribution in [0.2, 0.25) is 0 Å². The van der Waals surface area contributed by atoms with E-state index in [1.165, 1.54) is 0 Å². The lowest BCUT2D eigenvalue weighted by Gasteiger charge is -2.30. The number of hydrogen-bond acceptors (Lipinski definition) is 4. The molecule has 6 nitrogen and oxygen atoms in total. The first-order valence-electron chi connectivity index (χ1n) is 8.06. The Morgan fingerprint density at radius 1 is 1.39 bits per heavy atom. The van der Waals surface area contributed by atoms with Crippen LogP contribution in [-0.2, 0) is 0 Å². The van der Waals surface area contributed by atoms with Crippen LogP contribution in [0.1, 0.15) is 35.1 Å². The molecular formula is C17H23N5O. The van der Waals surface area contributed by atoms with Crippen LogP contribution in [0.4, 0.5) is 0 Å². The Labute approximate surface area is 136 Å². The topological polar surface area (TPSA) is 71.8 Å². The van der Waals surface area contributed by atoms with Crippen LogP contribution in [0.25, 0.3) is 5.82 Å². The number of aromatic nitrogens is 3. The van der Waals surface area contributed by atoms with Crippen molar-refractivity contribution >= 4 is 5.91 Å². The Balaban J connectivity index is 1.71. The van der Waals surface area contributed by atoms with Gasteiger partial charge in [0.05, 0.1) is 11.3 Å². The van der Waals surface area contributed by atoms with Gasteiger partial charge >= 0.3 is 0 Å². The van der Waals surface area contributed by atoms with E-state index >= 15 is 0 Å². The number of piperidine rings is 1. The number of carbonyl (C=O) groups is 1. The molecule has 3 rings (SSSR count). The van der Waals surface area contributed by atoms with Gasteiger partial charge in [-0.2, -0.15) is 5.10 Å². The molecule has 0 spiro atoms. The fraction of sp³-hybridized carbons (Fsp3) is 0.471. The van der Waals surface area contributed by atoms with Crippen molar-refractivity contribution in [3.8, 4) is 5.82 Å². The van der Waals surface area contributed by atoms with Gasteiger partial charge in [-0.15, -0.1) is 0 Å². The molecule has 0 bridgehead atoms. The van der Waals surface area contributed by atoms with E-state index in [9.17, 15) is 4.79 Å². The lowest BCUT2D eigenvalue weighted by molar-refractivity contribution is 0.0914. The average molecular weight is 313 g/mol. The van der Waals surface area contributed by atoms with Gasteiger partial charge in [0.1, 0.15) is 0 Å². The number of pyridine rings is 1. The molecule has 0 aliphatic carbocycles. The first-order chi connectivity index (χ1) is 11.0. The summed E-state index contributed by atoms with van der Waals surface area (Å²) in [7, 11) is 0. The molecule has 2 aromatic heterocycles. The van der Waals surface area contributed by atoms with Gasteiger partial charge in [0.25, 0.3) is 5.91 Å². The van der Waals surface area contributed by atoms with Crippen molar-refractivity contribution in [1.82, 2.24) is 25.4 Å². The number of hydrogen-bond donors (Lipinski definition) is 2. The zero-order valence-corrected chi connectivity index (χ0v) is 13.8. The van der Waals surface area contributed by atoms with E-state index in [4.69, 9.17) is 0 Å². The maximum absolute atomic E-state index is 12.4. The quantitative estimate of drug-likeness (QED) is 0.903. The van der Waals surface area contributed by atoms with E-state index in [0.717, 1.165) is 36.7 Å². The molecule has 1 fully saturated rings. The Hall–Kier alpha value is -2.21. The molecule has 3 heterocycles. The van der Waals surface area contributed by atoms with E-state index in [0.29, 0.717) is 11.5 Å². The van der Waals surface area contributed by atoms with Crippen LogP contribution in [0.5, 0.6) is 0 Å². The van der Waals surface area contributed by atoms with Crippen molar-refractivity contribution in [1.29, 1.82) is 0 Å². The minimum atomic E-state index is -0.0591. The van der Waals surface area contributed by atoms with Crippen LogP contribution in [0.15, 0.2) is 24.4 Å². The van der Waals surface area contributed by atoms with Crippen LogP contribution in [-0.4, -0.2) is 39.8 Å². The first-order valence-corrected chi connectivity index (χ1v) is 8.06. The molecule has 122 valence electrons. The average Bonchev–Trinajstić information content (AvgIpc) is 2.88. The van der Waals surface area contributed by atoms with E-state index in [1.807, 2.05) is 26.0 Å². The number of carbonyl (C=O) groups excluding carboxylic acids is 1. The summed E-state index contributed by atoms with van der Waals surface area (Å²) in [5.41, 5.74) is 2.56. The van der Waals surface area contributed by atoms with Crippen molar-refractivity contribution in [2.45, 2.75) is 33.2 Å². The molecular weight excluding hydrogens is 290 g/mol. The van der Waals surface area contributed by atoms with Crippen molar-refractivity contribution in [2.75, 3.05) is 13.1 Å². The van der Waals surface area contributed by atoms with Crippen LogP contribution in [0.3, 0.4) is 0 Å². The predicted molar refractivity (Wildman–Crippen MR) is 88.7 cm³/mol. The highest BCUT2D eigenvalue weighted by molar-refractivity contribution is 5.94. The highest BCUT2D eigenvalue weighted by Gasteiger charge is 2.23. The van der Waals surface area contributed by atoms with E-state index in [-0.39, 0.29) is 11.9 Å². The summed E-state index contributed by atoms with van der Waals surface area (Å²) in [4.78, 5) is 16.8. The van der Waals surface area contributed by atoms with Crippen molar-refractivity contribution in [2.24, 2.45) is 5.92 Å². The Morgan fingerprint density at radius 2 is 2.22 bits per heavy atom. The largest absolute Gasteiger partial charge is 0.349 e. The lowest BCUT2D eigenvalue weighted by Crippen LogP contribution is -2.48. The zero-order chi connectivity index (χ0) is 16.4. The molecule has 23 heavy (non-hydrogen) atoms. The molecule has 0 aromatic carbocycles. The molecule has 2 N–H and O–H groups in total. The summed E-state index contributed by atoms with van der Waals surface area (Å²) < 4.78 is 1.78. The molecule has 2 atom stereocenters. The highest BCUT2D eigenvalue weighted by atomic mass is 16.1. The predicted octanol–water partition coefficient (Wildman–Crippen LogP) is 1.61. The second-order valence-corrected chi connectivity index (χ2v) is 6.29. The molecule has 2 unspecified atom stereocenters. The molecule has 1 aliphatic rings. The number of nitrogens with zero attached hydrogens (tertiary/aromatic N) is 3. The third-order valence-electron chi connectivity index (χ3n) is 4.34. The fourth-order valence-corrected chi connectivity index (χ4v) is 2.99. The normalized spacial score (nSPS) is 21.2. The second-order valence-electron chi connectivity index (χ2n) is 6.29. The van der Waals surface area contributed by atoms with Crippen molar-refractivity contribution < 1.29 is 4.79 Å².